The summed E-state index contributed by atoms with van der Waals surface area (Å²) in [6, 6.07) is 9.87. The number of halogens is 1. The summed E-state index contributed by atoms with van der Waals surface area (Å²) < 4.78 is 19.2. The third kappa shape index (κ3) is 4.35. The monoisotopic (exact) mass is 422 g/mol. The summed E-state index contributed by atoms with van der Waals surface area (Å²) in [7, 11) is 0. The van der Waals surface area contributed by atoms with Gasteiger partial charge in [-0.05, 0) is 42.7 Å². The fourth-order valence-corrected chi connectivity index (χ4v) is 3.71. The van der Waals surface area contributed by atoms with Crippen LogP contribution < -0.4 is 10.2 Å². The molecule has 31 heavy (non-hydrogen) atoms. The van der Waals surface area contributed by atoms with E-state index >= 15 is 0 Å². The Hall–Kier alpha value is -3.49. The average molecular weight is 422 g/mol. The maximum absolute atomic E-state index is 13.3. The first kappa shape index (κ1) is 19.5. The molecule has 8 nitrogen and oxygen atoms in total. The summed E-state index contributed by atoms with van der Waals surface area (Å²) in [5.41, 5.74) is 1.54. The van der Waals surface area contributed by atoms with E-state index in [4.69, 9.17) is 4.42 Å². The minimum Gasteiger partial charge on any atom is -0.420 e. The highest BCUT2D eigenvalue weighted by Gasteiger charge is 2.30. The van der Waals surface area contributed by atoms with Crippen molar-refractivity contribution in [2.45, 2.75) is 25.3 Å². The Bertz CT molecular complexity index is 1080. The third-order valence-corrected chi connectivity index (χ3v) is 5.58. The molecule has 0 atom stereocenters. The van der Waals surface area contributed by atoms with Crippen molar-refractivity contribution in [1.29, 1.82) is 0 Å². The standard InChI is InChI=1S/C22H23FN6O2/c23-17-4-1-3-15(13-17)14-25-22(30)29-11-9-28(10-12-29)19-18(5-2-8-24-19)21-27-26-20(31-21)16-6-7-16/h1-5,8,13,16H,6-7,9-12,14H2,(H,25,30). The second kappa shape index (κ2) is 8.33. The molecule has 0 unspecified atom stereocenters. The molecule has 0 radical (unpaired) electrons. The zero-order valence-corrected chi connectivity index (χ0v) is 17.0. The number of rotatable bonds is 5. The van der Waals surface area contributed by atoms with E-state index in [1.165, 1.54) is 12.1 Å². The first-order valence-corrected chi connectivity index (χ1v) is 10.5. The van der Waals surface area contributed by atoms with E-state index in [0.717, 1.165) is 29.8 Å². The molecule has 9 heteroatoms. The van der Waals surface area contributed by atoms with Crippen LogP contribution in [0.5, 0.6) is 0 Å². The molecule has 5 rings (SSSR count). The number of amides is 2. The second-order valence-corrected chi connectivity index (χ2v) is 7.86. The van der Waals surface area contributed by atoms with Gasteiger partial charge in [-0.2, -0.15) is 0 Å². The molecule has 1 aromatic carbocycles. The lowest BCUT2D eigenvalue weighted by Gasteiger charge is -2.35. The van der Waals surface area contributed by atoms with E-state index in [-0.39, 0.29) is 11.8 Å². The van der Waals surface area contributed by atoms with E-state index in [1.54, 1.807) is 23.2 Å². The Kier molecular flexibility index (Phi) is 5.23. The fraction of sp³-hybridized carbons (Fsp3) is 0.364. The number of carbonyl (C=O) groups excluding carboxylic acids is 1. The van der Waals surface area contributed by atoms with Crippen molar-refractivity contribution in [2.75, 3.05) is 31.1 Å². The number of urea groups is 1. The number of aromatic nitrogens is 3. The third-order valence-electron chi connectivity index (χ3n) is 5.58. The molecule has 1 saturated carbocycles. The molecule has 0 spiro atoms. The normalized spacial score (nSPS) is 16.4. The number of hydrogen-bond acceptors (Lipinski definition) is 6. The van der Waals surface area contributed by atoms with Crippen LogP contribution in [-0.4, -0.2) is 52.3 Å². The van der Waals surface area contributed by atoms with Crippen molar-refractivity contribution in [1.82, 2.24) is 25.4 Å². The van der Waals surface area contributed by atoms with E-state index in [9.17, 15) is 9.18 Å². The van der Waals surface area contributed by atoms with Crippen LogP contribution in [0, 0.1) is 5.82 Å². The van der Waals surface area contributed by atoms with Crippen molar-refractivity contribution < 1.29 is 13.6 Å². The van der Waals surface area contributed by atoms with Gasteiger partial charge in [0.15, 0.2) is 0 Å². The molecule has 3 heterocycles. The van der Waals surface area contributed by atoms with Crippen molar-refractivity contribution in [3.63, 3.8) is 0 Å². The Morgan fingerprint density at radius 1 is 1.13 bits per heavy atom. The van der Waals surface area contributed by atoms with Crippen LogP contribution in [0.4, 0.5) is 15.0 Å². The highest BCUT2D eigenvalue weighted by atomic mass is 19.1. The summed E-state index contributed by atoms with van der Waals surface area (Å²) in [5.74, 6) is 2.06. The predicted octanol–water partition coefficient (Wildman–Crippen LogP) is 3.18. The molecule has 1 N–H and O–H groups in total. The van der Waals surface area contributed by atoms with Gasteiger partial charge < -0.3 is 19.5 Å². The summed E-state index contributed by atoms with van der Waals surface area (Å²) >= 11 is 0. The van der Waals surface area contributed by atoms with Gasteiger partial charge >= 0.3 is 6.03 Å². The fourth-order valence-electron chi connectivity index (χ4n) is 3.71. The number of pyridine rings is 1. The Balaban J connectivity index is 1.21. The van der Waals surface area contributed by atoms with Crippen molar-refractivity contribution >= 4 is 11.8 Å². The molecule has 1 saturated heterocycles. The second-order valence-electron chi connectivity index (χ2n) is 7.86. The zero-order valence-electron chi connectivity index (χ0n) is 17.0. The first-order valence-electron chi connectivity index (χ1n) is 10.5. The van der Waals surface area contributed by atoms with Gasteiger partial charge in [0.05, 0.1) is 5.56 Å². The SMILES string of the molecule is O=C(NCc1cccc(F)c1)N1CCN(c2ncccc2-c2nnc(C3CC3)o2)CC1. The van der Waals surface area contributed by atoms with E-state index in [1.807, 2.05) is 12.1 Å². The van der Waals surface area contributed by atoms with Gasteiger partial charge in [-0.25, -0.2) is 14.2 Å². The number of carbonyl (C=O) groups is 1. The molecular weight excluding hydrogens is 399 g/mol. The van der Waals surface area contributed by atoms with Crippen molar-refractivity contribution in [3.05, 3.63) is 59.9 Å². The Labute approximate surface area is 179 Å². The van der Waals surface area contributed by atoms with Crippen LogP contribution in [0.15, 0.2) is 47.0 Å². The summed E-state index contributed by atoms with van der Waals surface area (Å²) in [4.78, 5) is 21.0. The highest BCUT2D eigenvalue weighted by Crippen LogP contribution is 2.40. The molecule has 0 bridgehead atoms. The van der Waals surface area contributed by atoms with Crippen LogP contribution >= 0.6 is 0 Å². The smallest absolute Gasteiger partial charge is 0.317 e. The largest absolute Gasteiger partial charge is 0.420 e. The van der Waals surface area contributed by atoms with Gasteiger partial charge in [-0.15, -0.1) is 10.2 Å². The summed E-state index contributed by atoms with van der Waals surface area (Å²) in [5, 5.41) is 11.3. The molecule has 3 aromatic rings. The average Bonchev–Trinajstić information content (AvgIpc) is 3.54. The van der Waals surface area contributed by atoms with Crippen molar-refractivity contribution in [2.24, 2.45) is 0 Å². The molecule has 160 valence electrons. The Morgan fingerprint density at radius 2 is 1.97 bits per heavy atom. The number of benzene rings is 1. The zero-order chi connectivity index (χ0) is 21.2. The van der Waals surface area contributed by atoms with Gasteiger partial charge in [0.1, 0.15) is 11.6 Å². The molecule has 1 aliphatic carbocycles. The lowest BCUT2D eigenvalue weighted by molar-refractivity contribution is 0.194. The van der Waals surface area contributed by atoms with Gasteiger partial charge in [-0.1, -0.05) is 12.1 Å². The Morgan fingerprint density at radius 3 is 2.74 bits per heavy atom. The lowest BCUT2D eigenvalue weighted by atomic mass is 10.2. The molecule has 1 aliphatic heterocycles. The topological polar surface area (TPSA) is 87.4 Å². The van der Waals surface area contributed by atoms with Crippen molar-refractivity contribution in [3.8, 4) is 11.5 Å². The summed E-state index contributed by atoms with van der Waals surface area (Å²) in [6.45, 7) is 2.69. The van der Waals surface area contributed by atoms with Gasteiger partial charge in [0.2, 0.25) is 5.89 Å². The number of anilines is 1. The van der Waals surface area contributed by atoms with E-state index < -0.39 is 0 Å². The number of nitrogens with one attached hydrogen (secondary N) is 1. The van der Waals surface area contributed by atoms with Crippen LogP contribution in [0.3, 0.4) is 0 Å². The maximum atomic E-state index is 13.3. The quantitative estimate of drug-likeness (QED) is 0.680. The van der Waals surface area contributed by atoms with Crippen LogP contribution in [0.25, 0.3) is 11.5 Å². The highest BCUT2D eigenvalue weighted by molar-refractivity contribution is 5.75. The van der Waals surface area contributed by atoms with Crippen LogP contribution in [-0.2, 0) is 6.54 Å². The van der Waals surface area contributed by atoms with E-state index in [2.05, 4.69) is 25.4 Å². The molecule has 2 aliphatic rings. The minimum atomic E-state index is -0.308. The van der Waals surface area contributed by atoms with Crippen LogP contribution in [0.1, 0.15) is 30.2 Å². The van der Waals surface area contributed by atoms with Gasteiger partial charge in [0.25, 0.3) is 5.89 Å². The van der Waals surface area contributed by atoms with Gasteiger partial charge in [0, 0.05) is 44.8 Å². The first-order chi connectivity index (χ1) is 15.2. The maximum Gasteiger partial charge on any atom is 0.317 e. The minimum absolute atomic E-state index is 0.156. The van der Waals surface area contributed by atoms with Crippen LogP contribution in [0.2, 0.25) is 0 Å². The molecule has 2 aromatic heterocycles. The predicted molar refractivity (Wildman–Crippen MR) is 112 cm³/mol. The number of piperazine rings is 1. The number of nitrogens with zero attached hydrogens (tertiary/aromatic N) is 5. The van der Waals surface area contributed by atoms with Gasteiger partial charge in [-0.3, -0.25) is 0 Å². The molecular formula is C22H23FN6O2. The summed E-state index contributed by atoms with van der Waals surface area (Å²) in [6.07, 6.45) is 3.95. The molecule has 2 fully saturated rings. The number of hydrogen-bond donors (Lipinski definition) is 1. The lowest BCUT2D eigenvalue weighted by Crippen LogP contribution is -2.52. The molecule has 2 amide bonds. The van der Waals surface area contributed by atoms with E-state index in [0.29, 0.717) is 50.4 Å².